The monoisotopic (exact) mass is 254 g/mol. The highest BCUT2D eigenvalue weighted by molar-refractivity contribution is 5.81. The van der Waals surface area contributed by atoms with E-state index in [1.54, 1.807) is 24.0 Å². The largest absolute Gasteiger partial charge is 0.387 e. The second-order valence-electron chi connectivity index (χ2n) is 4.51. The Morgan fingerprint density at radius 3 is 2.89 bits per heavy atom. The van der Waals surface area contributed by atoms with E-state index in [-0.39, 0.29) is 0 Å². The van der Waals surface area contributed by atoms with Crippen molar-refractivity contribution in [2.75, 3.05) is 0 Å². The van der Waals surface area contributed by atoms with Gasteiger partial charge < -0.3 is 5.11 Å². The number of benzene rings is 1. The number of nitrogens with zero attached hydrogens (tertiary/aromatic N) is 4. The zero-order valence-electron chi connectivity index (χ0n) is 10.6. The number of para-hydroxylation sites is 1. The van der Waals surface area contributed by atoms with Crippen molar-refractivity contribution in [2.24, 2.45) is 0 Å². The SMILES string of the molecule is CC(O)c1cn(Cc2cccc3cccnc23)nn1. The summed E-state index contributed by atoms with van der Waals surface area (Å²) in [6.07, 6.45) is 2.94. The molecule has 0 amide bonds. The van der Waals surface area contributed by atoms with Gasteiger partial charge in [-0.1, -0.05) is 29.5 Å². The molecule has 1 atom stereocenters. The van der Waals surface area contributed by atoms with Crippen LogP contribution >= 0.6 is 0 Å². The van der Waals surface area contributed by atoms with Crippen molar-refractivity contribution in [3.63, 3.8) is 0 Å². The Balaban J connectivity index is 1.96. The first kappa shape index (κ1) is 11.8. The first-order chi connectivity index (χ1) is 9.24. The smallest absolute Gasteiger partial charge is 0.111 e. The van der Waals surface area contributed by atoms with Crippen molar-refractivity contribution in [3.8, 4) is 0 Å². The fourth-order valence-electron chi connectivity index (χ4n) is 2.05. The van der Waals surface area contributed by atoms with E-state index in [1.807, 2.05) is 30.3 Å². The zero-order valence-corrected chi connectivity index (χ0v) is 10.6. The summed E-state index contributed by atoms with van der Waals surface area (Å²) in [6.45, 7) is 2.27. The molecule has 1 aromatic carbocycles. The number of hydrogen-bond acceptors (Lipinski definition) is 4. The predicted octanol–water partition coefficient (Wildman–Crippen LogP) is 1.93. The number of aromatic nitrogens is 4. The van der Waals surface area contributed by atoms with Crippen LogP contribution in [-0.2, 0) is 6.54 Å². The van der Waals surface area contributed by atoms with Gasteiger partial charge in [0, 0.05) is 11.6 Å². The molecule has 96 valence electrons. The van der Waals surface area contributed by atoms with Crippen LogP contribution in [-0.4, -0.2) is 25.1 Å². The van der Waals surface area contributed by atoms with E-state index in [0.717, 1.165) is 16.5 Å². The van der Waals surface area contributed by atoms with Gasteiger partial charge in [0.05, 0.1) is 24.4 Å². The minimum absolute atomic E-state index is 0.577. The Morgan fingerprint density at radius 2 is 2.11 bits per heavy atom. The fourth-order valence-corrected chi connectivity index (χ4v) is 2.05. The lowest BCUT2D eigenvalue weighted by atomic mass is 10.1. The summed E-state index contributed by atoms with van der Waals surface area (Å²) in [4.78, 5) is 4.41. The number of rotatable bonds is 3. The summed E-state index contributed by atoms with van der Waals surface area (Å²) in [5.41, 5.74) is 2.63. The topological polar surface area (TPSA) is 63.8 Å². The Hall–Kier alpha value is -2.27. The standard InChI is InChI=1S/C14H14N4O/c1-10(19)13-9-18(17-16-13)8-12-5-2-4-11-6-3-7-15-14(11)12/h2-7,9-10,19H,8H2,1H3. The highest BCUT2D eigenvalue weighted by Crippen LogP contribution is 2.17. The summed E-state index contributed by atoms with van der Waals surface area (Å²) in [5, 5.41) is 18.5. The molecule has 19 heavy (non-hydrogen) atoms. The van der Waals surface area contributed by atoms with Gasteiger partial charge in [-0.15, -0.1) is 5.10 Å². The molecule has 1 unspecified atom stereocenters. The second kappa shape index (κ2) is 4.78. The molecular weight excluding hydrogens is 240 g/mol. The van der Waals surface area contributed by atoms with E-state index in [2.05, 4.69) is 15.3 Å². The van der Waals surface area contributed by atoms with Crippen molar-refractivity contribution >= 4 is 10.9 Å². The van der Waals surface area contributed by atoms with Gasteiger partial charge in [0.2, 0.25) is 0 Å². The van der Waals surface area contributed by atoms with E-state index in [1.165, 1.54) is 0 Å². The van der Waals surface area contributed by atoms with Crippen LogP contribution in [0.3, 0.4) is 0 Å². The Kier molecular flexibility index (Phi) is 2.97. The highest BCUT2D eigenvalue weighted by Gasteiger charge is 2.08. The van der Waals surface area contributed by atoms with Crippen molar-refractivity contribution < 1.29 is 5.11 Å². The van der Waals surface area contributed by atoms with Gasteiger partial charge in [0.25, 0.3) is 0 Å². The molecule has 1 N–H and O–H groups in total. The Labute approximate surface area is 110 Å². The highest BCUT2D eigenvalue weighted by atomic mass is 16.3. The summed E-state index contributed by atoms with van der Waals surface area (Å²) in [5.74, 6) is 0. The first-order valence-electron chi connectivity index (χ1n) is 6.15. The van der Waals surface area contributed by atoms with Crippen LogP contribution in [0.1, 0.15) is 24.3 Å². The third-order valence-corrected chi connectivity index (χ3v) is 3.03. The molecule has 0 radical (unpaired) electrons. The van der Waals surface area contributed by atoms with Crippen molar-refractivity contribution in [2.45, 2.75) is 19.6 Å². The van der Waals surface area contributed by atoms with Gasteiger partial charge in [-0.3, -0.25) is 4.98 Å². The van der Waals surface area contributed by atoms with Gasteiger partial charge in [-0.2, -0.15) is 0 Å². The average molecular weight is 254 g/mol. The van der Waals surface area contributed by atoms with Crippen LogP contribution in [0.25, 0.3) is 10.9 Å². The fraction of sp³-hybridized carbons (Fsp3) is 0.214. The van der Waals surface area contributed by atoms with E-state index < -0.39 is 6.10 Å². The van der Waals surface area contributed by atoms with Gasteiger partial charge in [0.1, 0.15) is 5.69 Å². The summed E-state index contributed by atoms with van der Waals surface area (Å²) in [7, 11) is 0. The maximum atomic E-state index is 9.45. The number of pyridine rings is 1. The average Bonchev–Trinajstić information content (AvgIpc) is 2.88. The van der Waals surface area contributed by atoms with Gasteiger partial charge in [0.15, 0.2) is 0 Å². The van der Waals surface area contributed by atoms with E-state index >= 15 is 0 Å². The minimum Gasteiger partial charge on any atom is -0.387 e. The number of aliphatic hydroxyl groups is 1. The predicted molar refractivity (Wildman–Crippen MR) is 71.5 cm³/mol. The number of aliphatic hydroxyl groups excluding tert-OH is 1. The van der Waals surface area contributed by atoms with E-state index in [9.17, 15) is 5.11 Å². The molecule has 2 aromatic heterocycles. The lowest BCUT2D eigenvalue weighted by Gasteiger charge is -2.05. The van der Waals surface area contributed by atoms with Crippen molar-refractivity contribution in [1.82, 2.24) is 20.0 Å². The molecule has 0 aliphatic heterocycles. The Morgan fingerprint density at radius 1 is 1.26 bits per heavy atom. The van der Waals surface area contributed by atoms with Gasteiger partial charge >= 0.3 is 0 Å². The molecule has 0 bridgehead atoms. The molecule has 0 saturated carbocycles. The van der Waals surface area contributed by atoms with Crippen LogP contribution in [0.2, 0.25) is 0 Å². The molecular formula is C14H14N4O. The first-order valence-corrected chi connectivity index (χ1v) is 6.15. The van der Waals surface area contributed by atoms with Crippen LogP contribution in [0, 0.1) is 0 Å². The van der Waals surface area contributed by atoms with Crippen LogP contribution in [0.4, 0.5) is 0 Å². The lowest BCUT2D eigenvalue weighted by Crippen LogP contribution is -2.01. The number of fused-ring (bicyclic) bond motifs is 1. The van der Waals surface area contributed by atoms with Crippen molar-refractivity contribution in [3.05, 3.63) is 54.0 Å². The molecule has 0 saturated heterocycles. The maximum absolute atomic E-state index is 9.45. The minimum atomic E-state index is -0.598. The molecule has 0 aliphatic rings. The Bertz CT molecular complexity index is 700. The zero-order chi connectivity index (χ0) is 13.2. The lowest BCUT2D eigenvalue weighted by molar-refractivity contribution is 0.194. The van der Waals surface area contributed by atoms with Gasteiger partial charge in [-0.25, -0.2) is 4.68 Å². The number of hydrogen-bond donors (Lipinski definition) is 1. The molecule has 3 rings (SSSR count). The molecule has 0 aliphatic carbocycles. The molecule has 3 aromatic rings. The summed E-state index contributed by atoms with van der Waals surface area (Å²) >= 11 is 0. The molecule has 0 fully saturated rings. The van der Waals surface area contributed by atoms with Crippen LogP contribution in [0.5, 0.6) is 0 Å². The van der Waals surface area contributed by atoms with E-state index in [4.69, 9.17) is 0 Å². The maximum Gasteiger partial charge on any atom is 0.111 e. The molecule has 5 nitrogen and oxygen atoms in total. The van der Waals surface area contributed by atoms with Crippen molar-refractivity contribution in [1.29, 1.82) is 0 Å². The molecule has 5 heteroatoms. The molecule has 2 heterocycles. The third-order valence-electron chi connectivity index (χ3n) is 3.03. The molecule has 0 spiro atoms. The van der Waals surface area contributed by atoms with Crippen LogP contribution < -0.4 is 0 Å². The quantitative estimate of drug-likeness (QED) is 0.775. The second-order valence-corrected chi connectivity index (χ2v) is 4.51. The van der Waals surface area contributed by atoms with Gasteiger partial charge in [-0.05, 0) is 18.6 Å². The summed E-state index contributed by atoms with van der Waals surface area (Å²) in [6, 6.07) is 10.0. The van der Waals surface area contributed by atoms with E-state index in [0.29, 0.717) is 12.2 Å². The van der Waals surface area contributed by atoms with Crippen LogP contribution in [0.15, 0.2) is 42.7 Å². The third kappa shape index (κ3) is 2.32. The normalized spacial score (nSPS) is 12.7. The summed E-state index contributed by atoms with van der Waals surface area (Å²) < 4.78 is 1.71.